The largest absolute Gasteiger partial charge is 0.494 e. The van der Waals surface area contributed by atoms with E-state index in [0.29, 0.717) is 18.1 Å². The highest BCUT2D eigenvalue weighted by molar-refractivity contribution is 7.22. The lowest BCUT2D eigenvalue weighted by Crippen LogP contribution is -2.38. The van der Waals surface area contributed by atoms with Gasteiger partial charge in [0.25, 0.3) is 0 Å². The number of benzene rings is 2. The first-order valence-electron chi connectivity index (χ1n) is 10.8. The fourth-order valence-corrected chi connectivity index (χ4v) is 5.47. The molecular formula is C25H30N2O3S. The SMILES string of the molecule is COc1ccc(C)c2sc(N(CC3CCCO3)C(=O)Cc3c(C)cc(C)cc3C)nc12. The van der Waals surface area contributed by atoms with Crippen molar-refractivity contribution in [3.63, 3.8) is 0 Å². The molecule has 1 aliphatic heterocycles. The van der Waals surface area contributed by atoms with Crippen LogP contribution in [0, 0.1) is 27.7 Å². The number of anilines is 1. The van der Waals surface area contributed by atoms with Crippen LogP contribution in [0.25, 0.3) is 10.2 Å². The zero-order valence-corrected chi connectivity index (χ0v) is 19.8. The summed E-state index contributed by atoms with van der Waals surface area (Å²) < 4.78 is 12.5. The van der Waals surface area contributed by atoms with Crippen molar-refractivity contribution in [2.45, 2.75) is 53.1 Å². The molecular weight excluding hydrogens is 408 g/mol. The van der Waals surface area contributed by atoms with Crippen LogP contribution in [-0.4, -0.2) is 37.3 Å². The van der Waals surface area contributed by atoms with Crippen LogP contribution in [0.3, 0.4) is 0 Å². The minimum Gasteiger partial charge on any atom is -0.494 e. The highest BCUT2D eigenvalue weighted by Gasteiger charge is 2.27. The minimum absolute atomic E-state index is 0.0548. The molecule has 0 saturated carbocycles. The van der Waals surface area contributed by atoms with E-state index in [9.17, 15) is 4.79 Å². The van der Waals surface area contributed by atoms with Crippen LogP contribution in [0.5, 0.6) is 5.75 Å². The van der Waals surface area contributed by atoms with E-state index in [1.807, 2.05) is 17.0 Å². The lowest BCUT2D eigenvalue weighted by Gasteiger charge is -2.24. The number of hydrogen-bond donors (Lipinski definition) is 0. The number of amides is 1. The summed E-state index contributed by atoms with van der Waals surface area (Å²) in [6.45, 7) is 9.61. The lowest BCUT2D eigenvalue weighted by molar-refractivity contribution is -0.118. The number of carbonyl (C=O) groups excluding carboxylic acids is 1. The van der Waals surface area contributed by atoms with Crippen molar-refractivity contribution in [2.24, 2.45) is 0 Å². The predicted octanol–water partition coefficient (Wildman–Crippen LogP) is 5.29. The standard InChI is InChI=1S/C25H30N2O3S/c1-15-11-17(3)20(18(4)12-15)13-22(28)27(14-19-7-6-10-30-19)25-26-23-21(29-5)9-8-16(2)24(23)31-25/h8-9,11-12,19H,6-7,10,13-14H2,1-5H3. The Morgan fingerprint density at radius 1 is 1.19 bits per heavy atom. The molecule has 0 radical (unpaired) electrons. The highest BCUT2D eigenvalue weighted by Crippen LogP contribution is 2.37. The van der Waals surface area contributed by atoms with Crippen LogP contribution in [0.1, 0.15) is 40.7 Å². The quantitative estimate of drug-likeness (QED) is 0.524. The molecule has 0 aliphatic carbocycles. The number of thiazole rings is 1. The molecule has 2 heterocycles. The molecule has 0 spiro atoms. The normalized spacial score (nSPS) is 16.1. The van der Waals surface area contributed by atoms with Gasteiger partial charge in [0.15, 0.2) is 5.13 Å². The Kier molecular flexibility index (Phi) is 6.30. The molecule has 31 heavy (non-hydrogen) atoms. The highest BCUT2D eigenvalue weighted by atomic mass is 32.1. The van der Waals surface area contributed by atoms with Gasteiger partial charge in [-0.1, -0.05) is 35.1 Å². The maximum absolute atomic E-state index is 13.6. The smallest absolute Gasteiger partial charge is 0.233 e. The molecule has 164 valence electrons. The second-order valence-corrected chi connectivity index (χ2v) is 9.43. The third kappa shape index (κ3) is 4.46. The van der Waals surface area contributed by atoms with E-state index in [2.05, 4.69) is 39.8 Å². The zero-order chi connectivity index (χ0) is 22.1. The maximum Gasteiger partial charge on any atom is 0.233 e. The van der Waals surface area contributed by atoms with Crippen molar-refractivity contribution in [1.29, 1.82) is 0 Å². The van der Waals surface area contributed by atoms with Crippen molar-refractivity contribution in [3.05, 3.63) is 52.1 Å². The summed E-state index contributed by atoms with van der Waals surface area (Å²) in [5.74, 6) is 0.791. The number of methoxy groups -OCH3 is 1. The van der Waals surface area contributed by atoms with Gasteiger partial charge in [0.1, 0.15) is 11.3 Å². The molecule has 1 atom stereocenters. The first kappa shape index (κ1) is 21.8. The van der Waals surface area contributed by atoms with Crippen LogP contribution in [0.15, 0.2) is 24.3 Å². The molecule has 1 aliphatic rings. The Labute approximate surface area is 188 Å². The minimum atomic E-state index is 0.0548. The molecule has 5 nitrogen and oxygen atoms in total. The first-order chi connectivity index (χ1) is 14.9. The second kappa shape index (κ2) is 8.97. The van der Waals surface area contributed by atoms with Crippen molar-refractivity contribution in [1.82, 2.24) is 4.98 Å². The van der Waals surface area contributed by atoms with Gasteiger partial charge in [0, 0.05) is 6.61 Å². The van der Waals surface area contributed by atoms with E-state index < -0.39 is 0 Å². The van der Waals surface area contributed by atoms with Crippen LogP contribution in [0.4, 0.5) is 5.13 Å². The van der Waals surface area contributed by atoms with E-state index in [4.69, 9.17) is 14.5 Å². The van der Waals surface area contributed by atoms with Crippen LogP contribution < -0.4 is 9.64 Å². The molecule has 1 aromatic heterocycles. The van der Waals surface area contributed by atoms with Crippen molar-refractivity contribution in [2.75, 3.05) is 25.2 Å². The number of nitrogens with zero attached hydrogens (tertiary/aromatic N) is 2. The van der Waals surface area contributed by atoms with Gasteiger partial charge >= 0.3 is 0 Å². The number of fused-ring (bicyclic) bond motifs is 1. The van der Waals surface area contributed by atoms with Gasteiger partial charge in [-0.2, -0.15) is 0 Å². The third-order valence-electron chi connectivity index (χ3n) is 6.02. The Morgan fingerprint density at radius 2 is 1.94 bits per heavy atom. The van der Waals surface area contributed by atoms with Gasteiger partial charge in [-0.25, -0.2) is 4.98 Å². The summed E-state index contributed by atoms with van der Waals surface area (Å²) in [4.78, 5) is 20.3. The predicted molar refractivity (Wildman–Crippen MR) is 127 cm³/mol. The van der Waals surface area contributed by atoms with Gasteiger partial charge in [-0.15, -0.1) is 0 Å². The second-order valence-electron chi connectivity index (χ2n) is 8.45. The number of aromatic nitrogens is 1. The Morgan fingerprint density at radius 3 is 2.58 bits per heavy atom. The van der Waals surface area contributed by atoms with Gasteiger partial charge in [-0.05, 0) is 68.9 Å². The zero-order valence-electron chi connectivity index (χ0n) is 18.9. The Bertz CT molecular complexity index is 1090. The molecule has 3 aromatic rings. The first-order valence-corrected chi connectivity index (χ1v) is 11.6. The molecule has 1 saturated heterocycles. The number of aryl methyl sites for hydroxylation is 4. The summed E-state index contributed by atoms with van der Waals surface area (Å²) in [5.41, 5.74) is 6.58. The van der Waals surface area contributed by atoms with Crippen LogP contribution in [0.2, 0.25) is 0 Å². The third-order valence-corrected chi connectivity index (χ3v) is 7.24. The Balaban J connectivity index is 1.72. The number of carbonyl (C=O) groups is 1. The summed E-state index contributed by atoms with van der Waals surface area (Å²) in [6.07, 6.45) is 2.42. The fourth-order valence-electron chi connectivity index (χ4n) is 4.39. The van der Waals surface area contributed by atoms with E-state index in [-0.39, 0.29) is 12.0 Å². The molecule has 0 bridgehead atoms. The summed E-state index contributed by atoms with van der Waals surface area (Å²) in [7, 11) is 1.65. The summed E-state index contributed by atoms with van der Waals surface area (Å²) in [6, 6.07) is 8.26. The van der Waals surface area contributed by atoms with Gasteiger partial charge in [0.2, 0.25) is 5.91 Å². The van der Waals surface area contributed by atoms with Crippen LogP contribution >= 0.6 is 11.3 Å². The number of ether oxygens (including phenoxy) is 2. The van der Waals surface area contributed by atoms with Gasteiger partial charge in [-0.3, -0.25) is 9.69 Å². The van der Waals surface area contributed by atoms with E-state index in [0.717, 1.165) is 57.7 Å². The van der Waals surface area contributed by atoms with E-state index in [1.54, 1.807) is 18.4 Å². The monoisotopic (exact) mass is 438 g/mol. The molecule has 1 fully saturated rings. The van der Waals surface area contributed by atoms with E-state index in [1.165, 1.54) is 5.56 Å². The van der Waals surface area contributed by atoms with E-state index >= 15 is 0 Å². The molecule has 1 amide bonds. The lowest BCUT2D eigenvalue weighted by atomic mass is 9.97. The molecule has 2 aromatic carbocycles. The summed E-state index contributed by atoms with van der Waals surface area (Å²) in [5, 5.41) is 0.713. The van der Waals surface area contributed by atoms with Crippen molar-refractivity contribution in [3.8, 4) is 5.75 Å². The fraction of sp³-hybridized carbons (Fsp3) is 0.440. The molecule has 1 unspecified atom stereocenters. The van der Waals surface area contributed by atoms with Gasteiger partial charge in [0.05, 0.1) is 30.9 Å². The molecule has 6 heteroatoms. The van der Waals surface area contributed by atoms with Crippen LogP contribution in [-0.2, 0) is 16.0 Å². The Hall–Kier alpha value is -2.44. The van der Waals surface area contributed by atoms with Crippen molar-refractivity contribution >= 4 is 32.6 Å². The maximum atomic E-state index is 13.6. The average molecular weight is 439 g/mol. The molecule has 4 rings (SSSR count). The molecule has 0 N–H and O–H groups in total. The summed E-state index contributed by atoms with van der Waals surface area (Å²) >= 11 is 1.55. The van der Waals surface area contributed by atoms with Crippen molar-refractivity contribution < 1.29 is 14.3 Å². The number of hydrogen-bond acceptors (Lipinski definition) is 5. The van der Waals surface area contributed by atoms with Gasteiger partial charge < -0.3 is 9.47 Å². The average Bonchev–Trinajstić information content (AvgIpc) is 3.39. The number of rotatable bonds is 6. The topological polar surface area (TPSA) is 51.7 Å².